The molecule has 0 fully saturated rings. The van der Waals surface area contributed by atoms with Gasteiger partial charge in [0.2, 0.25) is 0 Å². The fourth-order valence-corrected chi connectivity index (χ4v) is 0.843. The summed E-state index contributed by atoms with van der Waals surface area (Å²) < 4.78 is 0. The second-order valence-corrected chi connectivity index (χ2v) is 2.27. The summed E-state index contributed by atoms with van der Waals surface area (Å²) in [5.41, 5.74) is 3.08. The van der Waals surface area contributed by atoms with Crippen LogP contribution in [0.3, 0.4) is 0 Å². The summed E-state index contributed by atoms with van der Waals surface area (Å²) in [4.78, 5) is 9.89. The Morgan fingerprint density at radius 3 is 2.92 bits per heavy atom. The Kier molecular flexibility index (Phi) is 3.57. The highest BCUT2D eigenvalue weighted by atomic mass is 16.3. The summed E-state index contributed by atoms with van der Waals surface area (Å²) in [5, 5.41) is 2.59. The number of nitrogens with one attached hydrogen (secondary N) is 1. The second-order valence-electron chi connectivity index (χ2n) is 2.27. The normalized spacial score (nSPS) is 28.2. The maximum absolute atomic E-state index is 9.89. The van der Waals surface area contributed by atoms with E-state index in [1.807, 2.05) is 36.5 Å². The van der Waals surface area contributed by atoms with Crippen LogP contribution < -0.4 is 5.43 Å². The average molecular weight is 162 g/mol. The lowest BCUT2D eigenvalue weighted by Crippen LogP contribution is -2.00. The Balaban J connectivity index is 2.69. The van der Waals surface area contributed by atoms with Crippen LogP contribution >= 0.6 is 0 Å². The molecule has 0 saturated heterocycles. The van der Waals surface area contributed by atoms with Gasteiger partial charge in [0, 0.05) is 0 Å². The third-order valence-electron chi connectivity index (χ3n) is 1.39. The van der Waals surface area contributed by atoms with Gasteiger partial charge in [-0.3, -0.25) is 0 Å². The van der Waals surface area contributed by atoms with Gasteiger partial charge in [0.25, 0.3) is 0 Å². The van der Waals surface area contributed by atoms with Crippen molar-refractivity contribution in [3.63, 3.8) is 0 Å². The number of nitroso groups, excluding NO2 is 1. The molecule has 3 heteroatoms. The minimum absolute atomic E-state index is 0.723. The van der Waals surface area contributed by atoms with Crippen LogP contribution in [0, 0.1) is 4.91 Å². The van der Waals surface area contributed by atoms with E-state index in [0.717, 1.165) is 12.1 Å². The molecule has 0 atom stereocenters. The second kappa shape index (κ2) is 5.07. The highest BCUT2D eigenvalue weighted by Gasteiger charge is 1.88. The summed E-state index contributed by atoms with van der Waals surface area (Å²) in [5.74, 6) is 0. The van der Waals surface area contributed by atoms with E-state index in [0.29, 0.717) is 0 Å². The van der Waals surface area contributed by atoms with Gasteiger partial charge in [0.05, 0.1) is 11.0 Å². The van der Waals surface area contributed by atoms with Crippen LogP contribution in [-0.2, 0) is 0 Å². The monoisotopic (exact) mass is 162 g/mol. The summed E-state index contributed by atoms with van der Waals surface area (Å²) in [6.07, 6.45) is 14.1. The largest absolute Gasteiger partial charge is 0.242 e. The fourth-order valence-electron chi connectivity index (χ4n) is 0.843. The Labute approximate surface area is 71.1 Å². The van der Waals surface area contributed by atoms with Gasteiger partial charge in [-0.05, 0) is 12.5 Å². The molecular formula is C9H10N2O. The zero-order valence-corrected chi connectivity index (χ0v) is 6.60. The first-order valence-corrected chi connectivity index (χ1v) is 3.72. The molecule has 0 aliphatic heterocycles. The molecule has 0 radical (unpaired) electrons. The molecule has 0 aromatic rings. The topological polar surface area (TPSA) is 41.5 Å². The van der Waals surface area contributed by atoms with Crippen molar-refractivity contribution in [2.75, 3.05) is 0 Å². The first kappa shape index (κ1) is 8.46. The van der Waals surface area contributed by atoms with Crippen molar-refractivity contribution >= 4 is 0 Å². The SMILES string of the molecule is O=NNC1=C/C\C=C/C=C\C=C\1. The minimum atomic E-state index is 0.723. The number of hydrogen-bond donors (Lipinski definition) is 1. The third-order valence-corrected chi connectivity index (χ3v) is 1.39. The van der Waals surface area contributed by atoms with E-state index in [1.165, 1.54) is 0 Å². The van der Waals surface area contributed by atoms with Crippen molar-refractivity contribution in [2.24, 2.45) is 5.29 Å². The molecule has 1 aliphatic rings. The maximum Gasteiger partial charge on any atom is 0.0557 e. The molecule has 1 N–H and O–H groups in total. The maximum atomic E-state index is 9.89. The molecule has 0 heterocycles. The predicted octanol–water partition coefficient (Wildman–Crippen LogP) is 2.21. The Morgan fingerprint density at radius 2 is 2.08 bits per heavy atom. The molecule has 0 saturated carbocycles. The minimum Gasteiger partial charge on any atom is -0.242 e. The van der Waals surface area contributed by atoms with E-state index in [1.54, 1.807) is 6.08 Å². The molecule has 0 bridgehead atoms. The summed E-state index contributed by atoms with van der Waals surface area (Å²) in [6.45, 7) is 0. The van der Waals surface area contributed by atoms with Gasteiger partial charge in [-0.25, -0.2) is 5.43 Å². The number of hydrogen-bond acceptors (Lipinski definition) is 2. The smallest absolute Gasteiger partial charge is 0.0557 e. The summed E-state index contributed by atoms with van der Waals surface area (Å²) >= 11 is 0. The zero-order valence-electron chi connectivity index (χ0n) is 6.60. The Morgan fingerprint density at radius 1 is 1.25 bits per heavy atom. The van der Waals surface area contributed by atoms with Crippen LogP contribution in [0.5, 0.6) is 0 Å². The Bertz CT molecular complexity index is 262. The Hall–Kier alpha value is -1.64. The van der Waals surface area contributed by atoms with Gasteiger partial charge in [0.1, 0.15) is 0 Å². The van der Waals surface area contributed by atoms with E-state index >= 15 is 0 Å². The summed E-state index contributed by atoms with van der Waals surface area (Å²) in [6, 6.07) is 0. The van der Waals surface area contributed by atoms with E-state index in [2.05, 4.69) is 10.7 Å². The number of nitrogens with zero attached hydrogens (tertiary/aromatic N) is 1. The van der Waals surface area contributed by atoms with Gasteiger partial charge in [-0.1, -0.05) is 36.5 Å². The standard InChI is InChI=1S/C9H10N2O/c12-11-10-9-7-5-3-1-2-4-6-8-9/h1-5,7-8H,6H2,(H,10,12)/b3-1-,4-2-,7-5+,9-8+. The molecule has 0 amide bonds. The lowest BCUT2D eigenvalue weighted by molar-refractivity contribution is 0.899. The van der Waals surface area contributed by atoms with Gasteiger partial charge in [-0.2, -0.15) is 0 Å². The molecule has 0 aromatic carbocycles. The lowest BCUT2D eigenvalue weighted by Gasteiger charge is -1.94. The van der Waals surface area contributed by atoms with Crippen molar-refractivity contribution in [1.82, 2.24) is 5.43 Å². The van der Waals surface area contributed by atoms with Gasteiger partial charge in [-0.15, -0.1) is 4.91 Å². The van der Waals surface area contributed by atoms with Crippen molar-refractivity contribution in [2.45, 2.75) is 6.42 Å². The fraction of sp³-hybridized carbons (Fsp3) is 0.111. The molecule has 0 unspecified atom stereocenters. The number of allylic oxidation sites excluding steroid dienone is 7. The summed E-state index contributed by atoms with van der Waals surface area (Å²) in [7, 11) is 0. The molecule has 62 valence electrons. The van der Waals surface area contributed by atoms with Crippen LogP contribution in [0.15, 0.2) is 53.5 Å². The van der Waals surface area contributed by atoms with Crippen LogP contribution in [0.1, 0.15) is 6.42 Å². The van der Waals surface area contributed by atoms with Gasteiger partial charge in [0.15, 0.2) is 0 Å². The quantitative estimate of drug-likeness (QED) is 0.499. The predicted molar refractivity (Wildman–Crippen MR) is 49.1 cm³/mol. The molecule has 1 rings (SSSR count). The first-order chi connectivity index (χ1) is 5.93. The molecular weight excluding hydrogens is 152 g/mol. The van der Waals surface area contributed by atoms with Gasteiger partial charge >= 0.3 is 0 Å². The van der Waals surface area contributed by atoms with Crippen LogP contribution in [0.25, 0.3) is 0 Å². The van der Waals surface area contributed by atoms with Crippen molar-refractivity contribution < 1.29 is 0 Å². The molecule has 1 aliphatic carbocycles. The highest BCUT2D eigenvalue weighted by Crippen LogP contribution is 1.99. The lowest BCUT2D eigenvalue weighted by atomic mass is 10.3. The molecule has 12 heavy (non-hydrogen) atoms. The average Bonchev–Trinajstić information content (AvgIpc) is 2.19. The van der Waals surface area contributed by atoms with Crippen LogP contribution in [0.2, 0.25) is 0 Å². The van der Waals surface area contributed by atoms with Crippen molar-refractivity contribution in [3.8, 4) is 0 Å². The van der Waals surface area contributed by atoms with Gasteiger partial charge < -0.3 is 0 Å². The van der Waals surface area contributed by atoms with Crippen LogP contribution in [-0.4, -0.2) is 0 Å². The van der Waals surface area contributed by atoms with E-state index in [-0.39, 0.29) is 0 Å². The van der Waals surface area contributed by atoms with Crippen LogP contribution in [0.4, 0.5) is 0 Å². The zero-order chi connectivity index (χ0) is 8.65. The molecule has 0 aromatic heterocycles. The molecule has 3 nitrogen and oxygen atoms in total. The van der Waals surface area contributed by atoms with Crippen molar-refractivity contribution in [1.29, 1.82) is 0 Å². The number of rotatable bonds is 2. The van der Waals surface area contributed by atoms with Crippen molar-refractivity contribution in [3.05, 3.63) is 53.1 Å². The van der Waals surface area contributed by atoms with E-state index in [9.17, 15) is 4.91 Å². The highest BCUT2D eigenvalue weighted by molar-refractivity contribution is 5.24. The third kappa shape index (κ3) is 2.96. The first-order valence-electron chi connectivity index (χ1n) is 3.72. The van der Waals surface area contributed by atoms with E-state index < -0.39 is 0 Å². The van der Waals surface area contributed by atoms with E-state index in [4.69, 9.17) is 0 Å². The molecule has 0 spiro atoms.